The zero-order chi connectivity index (χ0) is 10.2. The molecule has 0 aromatic carbocycles. The third-order valence-corrected chi connectivity index (χ3v) is 3.68. The summed E-state index contributed by atoms with van der Waals surface area (Å²) in [5.41, 5.74) is 1.76. The second-order valence-electron chi connectivity index (χ2n) is 4.48. The molecule has 2 rings (SSSR count). The van der Waals surface area contributed by atoms with E-state index in [-0.39, 0.29) is 0 Å². The minimum Gasteiger partial charge on any atom is -0.370 e. The standard InChI is InChI=1S/C11H15BrN2/c1-8-5-10(13-6-9(8)12)14-7-11(2)3-4-11/h5-6H,3-4,7H2,1-2H3,(H,13,14). The SMILES string of the molecule is Cc1cc(NCC2(C)CC2)ncc1Br. The van der Waals surface area contributed by atoms with Crippen LogP contribution in [0.25, 0.3) is 0 Å². The fraction of sp³-hybridized carbons (Fsp3) is 0.545. The van der Waals surface area contributed by atoms with Crippen molar-refractivity contribution in [1.82, 2.24) is 4.98 Å². The van der Waals surface area contributed by atoms with Crippen molar-refractivity contribution in [3.05, 3.63) is 22.3 Å². The number of aryl methyl sites for hydroxylation is 1. The fourth-order valence-electron chi connectivity index (χ4n) is 1.33. The normalized spacial score (nSPS) is 17.9. The van der Waals surface area contributed by atoms with E-state index in [1.165, 1.54) is 18.4 Å². The minimum absolute atomic E-state index is 0.530. The Kier molecular flexibility index (Phi) is 2.52. The van der Waals surface area contributed by atoms with Gasteiger partial charge in [0, 0.05) is 17.2 Å². The van der Waals surface area contributed by atoms with Crippen LogP contribution >= 0.6 is 15.9 Å². The molecule has 1 fully saturated rings. The van der Waals surface area contributed by atoms with Gasteiger partial charge in [-0.15, -0.1) is 0 Å². The van der Waals surface area contributed by atoms with Gasteiger partial charge < -0.3 is 5.32 Å². The Balaban J connectivity index is 1.99. The molecule has 0 saturated heterocycles. The van der Waals surface area contributed by atoms with Gasteiger partial charge in [0.2, 0.25) is 0 Å². The second-order valence-corrected chi connectivity index (χ2v) is 5.34. The first-order chi connectivity index (χ1) is 6.59. The van der Waals surface area contributed by atoms with Crippen molar-refractivity contribution < 1.29 is 0 Å². The first kappa shape index (κ1) is 9.97. The van der Waals surface area contributed by atoms with Gasteiger partial charge >= 0.3 is 0 Å². The summed E-state index contributed by atoms with van der Waals surface area (Å²) >= 11 is 3.44. The van der Waals surface area contributed by atoms with Crippen LogP contribution < -0.4 is 5.32 Å². The van der Waals surface area contributed by atoms with Crippen molar-refractivity contribution in [1.29, 1.82) is 0 Å². The third-order valence-electron chi connectivity index (χ3n) is 2.85. The van der Waals surface area contributed by atoms with Crippen molar-refractivity contribution in [2.75, 3.05) is 11.9 Å². The summed E-state index contributed by atoms with van der Waals surface area (Å²) in [4.78, 5) is 4.31. The van der Waals surface area contributed by atoms with E-state index in [2.05, 4.69) is 46.1 Å². The molecule has 0 aliphatic heterocycles. The lowest BCUT2D eigenvalue weighted by Gasteiger charge is -2.11. The molecule has 0 amide bonds. The molecule has 2 nitrogen and oxygen atoms in total. The Morgan fingerprint density at radius 3 is 2.86 bits per heavy atom. The van der Waals surface area contributed by atoms with E-state index >= 15 is 0 Å². The smallest absolute Gasteiger partial charge is 0.126 e. The molecular weight excluding hydrogens is 240 g/mol. The number of hydrogen-bond acceptors (Lipinski definition) is 2. The maximum absolute atomic E-state index is 4.31. The van der Waals surface area contributed by atoms with Gasteiger partial charge in [-0.2, -0.15) is 0 Å². The van der Waals surface area contributed by atoms with Gasteiger partial charge in [-0.25, -0.2) is 4.98 Å². The molecule has 0 bridgehead atoms. The van der Waals surface area contributed by atoms with E-state index in [1.54, 1.807) is 0 Å². The fourth-order valence-corrected chi connectivity index (χ4v) is 1.55. The second kappa shape index (κ2) is 3.54. The van der Waals surface area contributed by atoms with Crippen LogP contribution in [0.2, 0.25) is 0 Å². The summed E-state index contributed by atoms with van der Waals surface area (Å²) in [6, 6.07) is 2.08. The zero-order valence-corrected chi connectivity index (χ0v) is 10.2. The van der Waals surface area contributed by atoms with Crippen LogP contribution in [0.5, 0.6) is 0 Å². The molecule has 1 saturated carbocycles. The van der Waals surface area contributed by atoms with E-state index in [9.17, 15) is 0 Å². The maximum Gasteiger partial charge on any atom is 0.126 e. The van der Waals surface area contributed by atoms with Crippen LogP contribution in [0.1, 0.15) is 25.3 Å². The molecule has 0 radical (unpaired) electrons. The summed E-state index contributed by atoms with van der Waals surface area (Å²) < 4.78 is 1.07. The number of halogens is 1. The van der Waals surface area contributed by atoms with Crippen LogP contribution in [0.3, 0.4) is 0 Å². The van der Waals surface area contributed by atoms with Gasteiger partial charge in [0.15, 0.2) is 0 Å². The lowest BCUT2D eigenvalue weighted by atomic mass is 10.1. The highest BCUT2D eigenvalue weighted by atomic mass is 79.9. The molecule has 0 unspecified atom stereocenters. The van der Waals surface area contributed by atoms with Crippen LogP contribution in [-0.4, -0.2) is 11.5 Å². The van der Waals surface area contributed by atoms with Crippen molar-refractivity contribution in [3.8, 4) is 0 Å². The average molecular weight is 255 g/mol. The Morgan fingerprint density at radius 1 is 1.57 bits per heavy atom. The maximum atomic E-state index is 4.31. The van der Waals surface area contributed by atoms with Crippen molar-refractivity contribution >= 4 is 21.7 Å². The van der Waals surface area contributed by atoms with Gasteiger partial charge in [-0.3, -0.25) is 0 Å². The molecular formula is C11H15BrN2. The summed E-state index contributed by atoms with van der Waals surface area (Å²) in [5.74, 6) is 0.985. The number of hydrogen-bond donors (Lipinski definition) is 1. The van der Waals surface area contributed by atoms with E-state index in [4.69, 9.17) is 0 Å². The lowest BCUT2D eigenvalue weighted by Crippen LogP contribution is -2.12. The summed E-state index contributed by atoms with van der Waals surface area (Å²) in [5, 5.41) is 3.38. The van der Waals surface area contributed by atoms with Crippen LogP contribution in [0.15, 0.2) is 16.7 Å². The van der Waals surface area contributed by atoms with Gasteiger partial charge in [0.05, 0.1) is 0 Å². The predicted molar refractivity (Wildman–Crippen MR) is 62.5 cm³/mol. The lowest BCUT2D eigenvalue weighted by molar-refractivity contribution is 0.609. The third kappa shape index (κ3) is 2.27. The Labute approximate surface area is 93.3 Å². The molecule has 1 aromatic rings. The number of rotatable bonds is 3. The number of pyridine rings is 1. The van der Waals surface area contributed by atoms with Crippen molar-refractivity contribution in [2.24, 2.45) is 5.41 Å². The molecule has 1 N–H and O–H groups in total. The number of nitrogens with one attached hydrogen (secondary N) is 1. The number of aromatic nitrogens is 1. The topological polar surface area (TPSA) is 24.9 Å². The number of nitrogens with zero attached hydrogens (tertiary/aromatic N) is 1. The quantitative estimate of drug-likeness (QED) is 0.895. The highest BCUT2D eigenvalue weighted by Crippen LogP contribution is 2.44. The zero-order valence-electron chi connectivity index (χ0n) is 8.60. The highest BCUT2D eigenvalue weighted by Gasteiger charge is 2.36. The molecule has 3 heteroatoms. The molecule has 0 spiro atoms. The monoisotopic (exact) mass is 254 g/mol. The molecule has 1 aliphatic carbocycles. The molecule has 1 aromatic heterocycles. The van der Waals surface area contributed by atoms with Gasteiger partial charge in [0.1, 0.15) is 5.82 Å². The predicted octanol–water partition coefficient (Wildman–Crippen LogP) is 3.36. The van der Waals surface area contributed by atoms with Crippen LogP contribution in [-0.2, 0) is 0 Å². The van der Waals surface area contributed by atoms with Crippen LogP contribution in [0, 0.1) is 12.3 Å². The van der Waals surface area contributed by atoms with Gasteiger partial charge in [-0.1, -0.05) is 6.92 Å². The molecule has 1 heterocycles. The highest BCUT2D eigenvalue weighted by molar-refractivity contribution is 9.10. The van der Waals surface area contributed by atoms with E-state index in [0.717, 1.165) is 16.8 Å². The van der Waals surface area contributed by atoms with Gasteiger partial charge in [-0.05, 0) is 52.7 Å². The van der Waals surface area contributed by atoms with E-state index in [1.807, 2.05) is 6.20 Å². The Morgan fingerprint density at radius 2 is 2.29 bits per heavy atom. The summed E-state index contributed by atoms with van der Waals surface area (Å²) in [7, 11) is 0. The molecule has 14 heavy (non-hydrogen) atoms. The Hall–Kier alpha value is -0.570. The Bertz CT molecular complexity index is 345. The van der Waals surface area contributed by atoms with Crippen molar-refractivity contribution in [3.63, 3.8) is 0 Å². The summed E-state index contributed by atoms with van der Waals surface area (Å²) in [6.45, 7) is 5.43. The first-order valence-corrected chi connectivity index (χ1v) is 5.74. The van der Waals surface area contributed by atoms with Crippen LogP contribution in [0.4, 0.5) is 5.82 Å². The largest absolute Gasteiger partial charge is 0.370 e. The van der Waals surface area contributed by atoms with Crippen molar-refractivity contribution in [2.45, 2.75) is 26.7 Å². The van der Waals surface area contributed by atoms with E-state index < -0.39 is 0 Å². The molecule has 76 valence electrons. The molecule has 1 aliphatic rings. The first-order valence-electron chi connectivity index (χ1n) is 4.95. The van der Waals surface area contributed by atoms with E-state index in [0.29, 0.717) is 5.41 Å². The minimum atomic E-state index is 0.530. The van der Waals surface area contributed by atoms with Gasteiger partial charge in [0.25, 0.3) is 0 Å². The summed E-state index contributed by atoms with van der Waals surface area (Å²) in [6.07, 6.45) is 4.54. The number of anilines is 1. The average Bonchev–Trinajstić information content (AvgIpc) is 2.87. The molecule has 0 atom stereocenters.